The highest BCUT2D eigenvalue weighted by molar-refractivity contribution is 7.97. The number of benzene rings is 2. The minimum Gasteiger partial charge on any atom is -0.480 e. The van der Waals surface area contributed by atoms with E-state index < -0.39 is 5.97 Å². The maximum atomic E-state index is 11.2. The summed E-state index contributed by atoms with van der Waals surface area (Å²) in [6.07, 6.45) is 0. The fourth-order valence-electron chi connectivity index (χ4n) is 3.19. The maximum Gasteiger partial charge on any atom is 0.318 e. The van der Waals surface area contributed by atoms with Crippen LogP contribution in [0.15, 0.2) is 59.5 Å². The van der Waals surface area contributed by atoms with Crippen LogP contribution in [0.4, 0.5) is 0 Å². The van der Waals surface area contributed by atoms with Crippen LogP contribution < -0.4 is 5.32 Å². The molecule has 2 N–H and O–H groups in total. The van der Waals surface area contributed by atoms with E-state index in [1.165, 1.54) is 17.5 Å². The number of nitrogens with one attached hydrogen (secondary N) is 1. The number of carboxylic acids is 1. The molecule has 7 heteroatoms. The van der Waals surface area contributed by atoms with Crippen molar-refractivity contribution in [1.82, 2.24) is 14.5 Å². The molecule has 156 valence electrons. The largest absolute Gasteiger partial charge is 0.480 e. The molecule has 0 spiro atoms. The quantitative estimate of drug-likeness (QED) is 0.432. The van der Waals surface area contributed by atoms with Gasteiger partial charge < -0.3 is 15.2 Å². The van der Waals surface area contributed by atoms with Gasteiger partial charge in [-0.15, -0.1) is 0 Å². The van der Waals surface area contributed by atoms with Crippen LogP contribution in [0.2, 0.25) is 0 Å². The average Bonchev–Trinajstić information content (AvgIpc) is 2.75. The first-order valence-corrected chi connectivity index (χ1v) is 10.8. The highest BCUT2D eigenvalue weighted by atomic mass is 32.2. The Labute approximate surface area is 177 Å². The van der Waals surface area contributed by atoms with Gasteiger partial charge in [0, 0.05) is 44.2 Å². The molecular formula is C22H29N3O3S. The molecule has 2 aromatic carbocycles. The van der Waals surface area contributed by atoms with Crippen LogP contribution in [0, 0.1) is 0 Å². The van der Waals surface area contributed by atoms with Gasteiger partial charge in [-0.05, 0) is 35.2 Å². The summed E-state index contributed by atoms with van der Waals surface area (Å²) in [4.78, 5) is 14.6. The normalized spacial score (nSPS) is 14.9. The van der Waals surface area contributed by atoms with Gasteiger partial charge in [0.25, 0.3) is 0 Å². The summed E-state index contributed by atoms with van der Waals surface area (Å²) in [5.41, 5.74) is 2.32. The topological polar surface area (TPSA) is 65.0 Å². The number of piperazine rings is 1. The zero-order valence-electron chi connectivity index (χ0n) is 16.6. The molecule has 6 nitrogen and oxygen atoms in total. The first-order chi connectivity index (χ1) is 14.2. The van der Waals surface area contributed by atoms with Crippen LogP contribution >= 0.6 is 11.9 Å². The Morgan fingerprint density at radius 2 is 1.72 bits per heavy atom. The SMILES string of the molecule is O=C(O)CN(CCOCCN1CCNCC1)Sc1ccc(-c2ccccc2)cc1. The van der Waals surface area contributed by atoms with E-state index in [2.05, 4.69) is 34.5 Å². The second-order valence-electron chi connectivity index (χ2n) is 6.94. The van der Waals surface area contributed by atoms with Gasteiger partial charge in [0.15, 0.2) is 0 Å². The van der Waals surface area contributed by atoms with Crippen molar-refractivity contribution in [3.63, 3.8) is 0 Å². The van der Waals surface area contributed by atoms with Crippen molar-refractivity contribution in [1.29, 1.82) is 0 Å². The number of aliphatic carboxylic acids is 1. The van der Waals surface area contributed by atoms with Crippen molar-refractivity contribution < 1.29 is 14.6 Å². The van der Waals surface area contributed by atoms with E-state index in [0.29, 0.717) is 19.8 Å². The number of rotatable bonds is 11. The van der Waals surface area contributed by atoms with Crippen LogP contribution in [0.1, 0.15) is 0 Å². The molecule has 3 rings (SSSR count). The lowest BCUT2D eigenvalue weighted by Gasteiger charge is -2.27. The highest BCUT2D eigenvalue weighted by Gasteiger charge is 2.13. The standard InChI is InChI=1S/C22H29N3O3S/c26-22(27)18-25(15-17-28-16-14-24-12-10-23-11-13-24)29-21-8-6-20(7-9-21)19-4-2-1-3-5-19/h1-9,23H,10-18H2,(H,26,27). The van der Waals surface area contributed by atoms with E-state index in [1.54, 1.807) is 0 Å². The summed E-state index contributed by atoms with van der Waals surface area (Å²) in [7, 11) is 0. The molecule has 1 heterocycles. The van der Waals surface area contributed by atoms with Crippen molar-refractivity contribution in [3.8, 4) is 11.1 Å². The Hall–Kier alpha value is -1.90. The number of ether oxygens (including phenoxy) is 1. The predicted octanol–water partition coefficient (Wildman–Crippen LogP) is 2.67. The van der Waals surface area contributed by atoms with Gasteiger partial charge in [-0.25, -0.2) is 4.31 Å². The first kappa shape index (κ1) is 21.8. The van der Waals surface area contributed by atoms with Crippen molar-refractivity contribution >= 4 is 17.9 Å². The van der Waals surface area contributed by atoms with Gasteiger partial charge >= 0.3 is 5.97 Å². The lowest BCUT2D eigenvalue weighted by atomic mass is 10.1. The van der Waals surface area contributed by atoms with Gasteiger partial charge in [-0.3, -0.25) is 9.69 Å². The van der Waals surface area contributed by atoms with Gasteiger partial charge in [0.2, 0.25) is 0 Å². The van der Waals surface area contributed by atoms with E-state index in [9.17, 15) is 9.90 Å². The summed E-state index contributed by atoms with van der Waals surface area (Å²) >= 11 is 1.46. The third-order valence-corrected chi connectivity index (χ3v) is 5.81. The summed E-state index contributed by atoms with van der Waals surface area (Å²) in [6, 6.07) is 18.4. The molecule has 1 aliphatic heterocycles. The molecule has 29 heavy (non-hydrogen) atoms. The van der Waals surface area contributed by atoms with Gasteiger partial charge in [-0.2, -0.15) is 0 Å². The molecule has 0 aliphatic carbocycles. The van der Waals surface area contributed by atoms with Gasteiger partial charge in [-0.1, -0.05) is 42.5 Å². The van der Waals surface area contributed by atoms with Crippen LogP contribution in [-0.4, -0.2) is 79.3 Å². The monoisotopic (exact) mass is 415 g/mol. The Kier molecular flexibility index (Phi) is 8.98. The second kappa shape index (κ2) is 11.9. The van der Waals surface area contributed by atoms with Crippen molar-refractivity contribution in [2.24, 2.45) is 0 Å². The van der Waals surface area contributed by atoms with Crippen molar-refractivity contribution in [3.05, 3.63) is 54.6 Å². The van der Waals surface area contributed by atoms with Crippen LogP contribution in [0.5, 0.6) is 0 Å². The summed E-state index contributed by atoms with van der Waals surface area (Å²) in [5.74, 6) is -0.834. The third kappa shape index (κ3) is 7.79. The Balaban J connectivity index is 1.45. The molecule has 1 fully saturated rings. The van der Waals surface area contributed by atoms with Crippen molar-refractivity contribution in [2.75, 3.05) is 59.0 Å². The van der Waals surface area contributed by atoms with Gasteiger partial charge in [0.1, 0.15) is 6.54 Å². The first-order valence-electron chi connectivity index (χ1n) is 10.0. The molecular weight excluding hydrogens is 386 g/mol. The van der Waals surface area contributed by atoms with Crippen molar-refractivity contribution in [2.45, 2.75) is 4.90 Å². The summed E-state index contributed by atoms with van der Waals surface area (Å²) in [5, 5.41) is 12.6. The number of carbonyl (C=O) groups is 1. The zero-order chi connectivity index (χ0) is 20.3. The molecule has 1 saturated heterocycles. The Morgan fingerprint density at radius 3 is 2.41 bits per heavy atom. The van der Waals surface area contributed by atoms with Crippen LogP contribution in [-0.2, 0) is 9.53 Å². The molecule has 0 saturated carbocycles. The zero-order valence-corrected chi connectivity index (χ0v) is 17.4. The molecule has 1 aliphatic rings. The minimum atomic E-state index is -0.834. The number of hydrogen-bond donors (Lipinski definition) is 2. The molecule has 0 radical (unpaired) electrons. The fraction of sp³-hybridized carbons (Fsp3) is 0.409. The lowest BCUT2D eigenvalue weighted by molar-refractivity contribution is -0.137. The maximum absolute atomic E-state index is 11.2. The van der Waals surface area contributed by atoms with E-state index in [1.807, 2.05) is 34.6 Å². The smallest absolute Gasteiger partial charge is 0.318 e. The van der Waals surface area contributed by atoms with Gasteiger partial charge in [0.05, 0.1) is 13.2 Å². The van der Waals surface area contributed by atoms with E-state index in [0.717, 1.165) is 43.2 Å². The number of carboxylic acid groups (broad SMARTS) is 1. The van der Waals surface area contributed by atoms with Crippen LogP contribution in [0.3, 0.4) is 0 Å². The average molecular weight is 416 g/mol. The second-order valence-corrected chi connectivity index (χ2v) is 8.11. The molecule has 0 unspecified atom stereocenters. The van der Waals surface area contributed by atoms with E-state index >= 15 is 0 Å². The predicted molar refractivity (Wildman–Crippen MR) is 117 cm³/mol. The number of hydrogen-bond acceptors (Lipinski definition) is 6. The highest BCUT2D eigenvalue weighted by Crippen LogP contribution is 2.26. The molecule has 0 amide bonds. The third-order valence-electron chi connectivity index (χ3n) is 4.75. The summed E-state index contributed by atoms with van der Waals surface area (Å²) < 4.78 is 7.59. The van der Waals surface area contributed by atoms with E-state index in [4.69, 9.17) is 4.74 Å². The lowest BCUT2D eigenvalue weighted by Crippen LogP contribution is -2.44. The fourth-order valence-corrected chi connectivity index (χ4v) is 4.09. The Morgan fingerprint density at radius 1 is 1.03 bits per heavy atom. The Bertz CT molecular complexity index is 737. The molecule has 0 aromatic heterocycles. The summed E-state index contributed by atoms with van der Waals surface area (Å²) in [6.45, 7) is 6.86. The molecule has 2 aromatic rings. The number of nitrogens with zero attached hydrogens (tertiary/aromatic N) is 2. The van der Waals surface area contributed by atoms with Crippen LogP contribution in [0.25, 0.3) is 11.1 Å². The van der Waals surface area contributed by atoms with E-state index in [-0.39, 0.29) is 6.54 Å². The molecule has 0 bridgehead atoms. The molecule has 0 atom stereocenters. The minimum absolute atomic E-state index is 0.0216.